The zero-order valence-corrected chi connectivity index (χ0v) is 12.5. The standard InChI is InChI=1S/C16H31NO/c1-4-6-8-10-13-16(3,12-9-7-5-2)14-11-15(17)18/h11,14H,4-10,12-13H2,1-3H3,(H2,17,18)/b14-11+. The number of hydrogen-bond acceptors (Lipinski definition) is 1. The lowest BCUT2D eigenvalue weighted by Gasteiger charge is -2.26. The second-order valence-corrected chi connectivity index (χ2v) is 5.66. The van der Waals surface area contributed by atoms with Crippen molar-refractivity contribution in [2.24, 2.45) is 11.1 Å². The van der Waals surface area contributed by atoms with Crippen molar-refractivity contribution in [1.29, 1.82) is 0 Å². The minimum Gasteiger partial charge on any atom is -0.366 e. The van der Waals surface area contributed by atoms with Crippen LogP contribution in [-0.4, -0.2) is 5.91 Å². The van der Waals surface area contributed by atoms with Crippen LogP contribution in [0.4, 0.5) is 0 Å². The van der Waals surface area contributed by atoms with Gasteiger partial charge >= 0.3 is 0 Å². The van der Waals surface area contributed by atoms with E-state index in [4.69, 9.17) is 5.73 Å². The van der Waals surface area contributed by atoms with Crippen molar-refractivity contribution in [3.8, 4) is 0 Å². The molecule has 0 radical (unpaired) electrons. The van der Waals surface area contributed by atoms with Gasteiger partial charge in [0.2, 0.25) is 5.91 Å². The molecule has 0 saturated carbocycles. The van der Waals surface area contributed by atoms with Crippen molar-refractivity contribution in [1.82, 2.24) is 0 Å². The third-order valence-corrected chi connectivity index (χ3v) is 3.60. The summed E-state index contributed by atoms with van der Waals surface area (Å²) in [6, 6.07) is 0. The molecular formula is C16H31NO. The van der Waals surface area contributed by atoms with Gasteiger partial charge in [-0.05, 0) is 24.3 Å². The van der Waals surface area contributed by atoms with E-state index in [1.807, 2.05) is 6.08 Å². The first-order valence-corrected chi connectivity index (χ1v) is 7.52. The van der Waals surface area contributed by atoms with Crippen molar-refractivity contribution >= 4 is 5.91 Å². The Labute approximate surface area is 113 Å². The molecule has 0 aromatic carbocycles. The van der Waals surface area contributed by atoms with E-state index < -0.39 is 0 Å². The van der Waals surface area contributed by atoms with Crippen LogP contribution >= 0.6 is 0 Å². The van der Waals surface area contributed by atoms with Crippen molar-refractivity contribution in [2.45, 2.75) is 78.6 Å². The number of nitrogens with two attached hydrogens (primary N) is 1. The summed E-state index contributed by atoms with van der Waals surface area (Å²) in [4.78, 5) is 10.9. The number of carbonyl (C=O) groups excluding carboxylic acids is 1. The van der Waals surface area contributed by atoms with Crippen molar-refractivity contribution in [3.05, 3.63) is 12.2 Å². The zero-order chi connectivity index (χ0) is 13.9. The van der Waals surface area contributed by atoms with Crippen molar-refractivity contribution in [3.63, 3.8) is 0 Å². The van der Waals surface area contributed by atoms with Crippen LogP contribution in [0.25, 0.3) is 0 Å². The van der Waals surface area contributed by atoms with Gasteiger partial charge in [0.15, 0.2) is 0 Å². The van der Waals surface area contributed by atoms with Gasteiger partial charge in [-0.15, -0.1) is 0 Å². The molecule has 0 saturated heterocycles. The van der Waals surface area contributed by atoms with E-state index in [0.29, 0.717) is 0 Å². The maximum absolute atomic E-state index is 10.9. The third kappa shape index (κ3) is 9.26. The van der Waals surface area contributed by atoms with Crippen LogP contribution in [-0.2, 0) is 4.79 Å². The Balaban J connectivity index is 4.24. The number of allylic oxidation sites excluding steroid dienone is 1. The van der Waals surface area contributed by atoms with Crippen LogP contribution in [0.2, 0.25) is 0 Å². The molecular weight excluding hydrogens is 222 g/mol. The van der Waals surface area contributed by atoms with Gasteiger partial charge in [0, 0.05) is 0 Å². The fourth-order valence-electron chi connectivity index (χ4n) is 2.31. The second kappa shape index (κ2) is 10.2. The number of hydrogen-bond donors (Lipinski definition) is 1. The molecule has 0 aliphatic rings. The number of amides is 1. The van der Waals surface area contributed by atoms with Crippen LogP contribution in [0, 0.1) is 5.41 Å². The predicted octanol–water partition coefficient (Wildman–Crippen LogP) is 4.58. The molecule has 2 heteroatoms. The van der Waals surface area contributed by atoms with E-state index in [-0.39, 0.29) is 11.3 Å². The van der Waals surface area contributed by atoms with Crippen LogP contribution in [0.15, 0.2) is 12.2 Å². The maximum atomic E-state index is 10.9. The highest BCUT2D eigenvalue weighted by Gasteiger charge is 2.19. The van der Waals surface area contributed by atoms with Crippen molar-refractivity contribution in [2.75, 3.05) is 0 Å². The summed E-state index contributed by atoms with van der Waals surface area (Å²) < 4.78 is 0. The van der Waals surface area contributed by atoms with Crippen LogP contribution < -0.4 is 5.73 Å². The highest BCUT2D eigenvalue weighted by molar-refractivity contribution is 5.85. The van der Waals surface area contributed by atoms with Gasteiger partial charge in [0.25, 0.3) is 0 Å². The Morgan fingerprint density at radius 3 is 2.00 bits per heavy atom. The van der Waals surface area contributed by atoms with Gasteiger partial charge in [-0.3, -0.25) is 4.79 Å². The average molecular weight is 253 g/mol. The molecule has 106 valence electrons. The number of unbranched alkanes of at least 4 members (excludes halogenated alkanes) is 5. The lowest BCUT2D eigenvalue weighted by atomic mass is 9.79. The highest BCUT2D eigenvalue weighted by Crippen LogP contribution is 2.32. The van der Waals surface area contributed by atoms with Gasteiger partial charge < -0.3 is 5.73 Å². The van der Waals surface area contributed by atoms with E-state index in [0.717, 1.165) is 6.42 Å². The molecule has 0 rings (SSSR count). The largest absolute Gasteiger partial charge is 0.366 e. The van der Waals surface area contributed by atoms with Gasteiger partial charge in [-0.2, -0.15) is 0 Å². The molecule has 0 fully saturated rings. The predicted molar refractivity (Wildman–Crippen MR) is 79.3 cm³/mol. The Hall–Kier alpha value is -0.790. The molecule has 1 unspecified atom stereocenters. The van der Waals surface area contributed by atoms with Crippen molar-refractivity contribution < 1.29 is 4.79 Å². The Morgan fingerprint density at radius 2 is 1.50 bits per heavy atom. The quantitative estimate of drug-likeness (QED) is 0.425. The molecule has 2 nitrogen and oxygen atoms in total. The third-order valence-electron chi connectivity index (χ3n) is 3.60. The smallest absolute Gasteiger partial charge is 0.241 e. The normalized spacial score (nSPS) is 14.8. The Kier molecular flexibility index (Phi) is 9.72. The first-order chi connectivity index (χ1) is 8.54. The highest BCUT2D eigenvalue weighted by atomic mass is 16.1. The van der Waals surface area contributed by atoms with Gasteiger partial charge in [-0.1, -0.05) is 71.8 Å². The lowest BCUT2D eigenvalue weighted by molar-refractivity contribution is -0.113. The number of primary amides is 1. The van der Waals surface area contributed by atoms with E-state index in [1.165, 1.54) is 51.4 Å². The van der Waals surface area contributed by atoms with Gasteiger partial charge in [0.05, 0.1) is 0 Å². The second-order valence-electron chi connectivity index (χ2n) is 5.66. The summed E-state index contributed by atoms with van der Waals surface area (Å²) in [5.41, 5.74) is 5.36. The molecule has 1 atom stereocenters. The summed E-state index contributed by atoms with van der Waals surface area (Å²) in [6.45, 7) is 6.71. The van der Waals surface area contributed by atoms with E-state index in [9.17, 15) is 4.79 Å². The fraction of sp³-hybridized carbons (Fsp3) is 0.812. The first-order valence-electron chi connectivity index (χ1n) is 7.52. The maximum Gasteiger partial charge on any atom is 0.241 e. The zero-order valence-electron chi connectivity index (χ0n) is 12.5. The summed E-state index contributed by atoms with van der Waals surface area (Å²) >= 11 is 0. The molecule has 0 heterocycles. The summed E-state index contributed by atoms with van der Waals surface area (Å²) in [5.74, 6) is -0.328. The summed E-state index contributed by atoms with van der Waals surface area (Å²) in [7, 11) is 0. The molecule has 0 aliphatic carbocycles. The molecule has 2 N–H and O–H groups in total. The molecule has 0 aliphatic heterocycles. The van der Waals surface area contributed by atoms with E-state index in [1.54, 1.807) is 6.08 Å². The van der Waals surface area contributed by atoms with Crippen LogP contribution in [0.5, 0.6) is 0 Å². The van der Waals surface area contributed by atoms with E-state index >= 15 is 0 Å². The number of carbonyl (C=O) groups is 1. The van der Waals surface area contributed by atoms with Gasteiger partial charge in [0.1, 0.15) is 0 Å². The first kappa shape index (κ1) is 17.2. The SMILES string of the molecule is CCCCCCC(C)(/C=C/C(N)=O)CCCCC. The topological polar surface area (TPSA) is 43.1 Å². The summed E-state index contributed by atoms with van der Waals surface area (Å²) in [5, 5.41) is 0. The molecule has 0 bridgehead atoms. The van der Waals surface area contributed by atoms with Gasteiger partial charge in [-0.25, -0.2) is 0 Å². The number of rotatable bonds is 11. The lowest BCUT2D eigenvalue weighted by Crippen LogP contribution is -2.15. The molecule has 0 spiro atoms. The minimum absolute atomic E-state index is 0.151. The molecule has 1 amide bonds. The molecule has 18 heavy (non-hydrogen) atoms. The Bertz CT molecular complexity index is 247. The van der Waals surface area contributed by atoms with E-state index in [2.05, 4.69) is 20.8 Å². The Morgan fingerprint density at radius 1 is 1.00 bits per heavy atom. The minimum atomic E-state index is -0.328. The average Bonchev–Trinajstić information content (AvgIpc) is 2.33. The monoisotopic (exact) mass is 253 g/mol. The van der Waals surface area contributed by atoms with Crippen LogP contribution in [0.1, 0.15) is 78.6 Å². The molecule has 0 aromatic rings. The summed E-state index contributed by atoms with van der Waals surface area (Å²) in [6.07, 6.45) is 14.8. The molecule has 0 aromatic heterocycles. The van der Waals surface area contributed by atoms with Crippen LogP contribution in [0.3, 0.4) is 0 Å². The fourth-order valence-corrected chi connectivity index (χ4v) is 2.31.